The Balaban J connectivity index is 1.32. The molecule has 0 unspecified atom stereocenters. The third-order valence-electron chi connectivity index (χ3n) is 6.67. The first kappa shape index (κ1) is 30.1. The molecule has 12 nitrogen and oxygen atoms in total. The molecular weight excluding hydrogens is 617 g/mol. The average Bonchev–Trinajstić information content (AvgIpc) is 3.43. The van der Waals surface area contributed by atoms with Crippen LogP contribution in [-0.2, 0) is 14.4 Å². The van der Waals surface area contributed by atoms with Gasteiger partial charge in [0.05, 0.1) is 22.0 Å². The Hall–Kier alpha value is -3.32. The van der Waals surface area contributed by atoms with Crippen LogP contribution in [0.1, 0.15) is 13.8 Å². The standard InChI is InChI=1S/C26H31ClN9O3PS2/c1-17(2)42(38,39)21-15-18(40(3,4)37)8-9-20(21)30-23-19(27)16-29-24(31-23)32-25-33-34-26(41-25)36-13-11-35(12-14-36)22-7-5-6-10-28-22/h5-10,15-17H,11-14H2,1-4H3,(H2,29,30,31,32,33). The van der Waals surface area contributed by atoms with Gasteiger partial charge in [-0.3, -0.25) is 5.32 Å². The third-order valence-corrected chi connectivity index (χ3v) is 11.6. The summed E-state index contributed by atoms with van der Waals surface area (Å²) >= 11 is 7.77. The molecule has 42 heavy (non-hydrogen) atoms. The van der Waals surface area contributed by atoms with Crippen molar-refractivity contribution in [2.75, 3.05) is 59.9 Å². The van der Waals surface area contributed by atoms with E-state index in [1.165, 1.54) is 23.6 Å². The lowest BCUT2D eigenvalue weighted by atomic mass is 10.3. The molecule has 5 rings (SSSR count). The predicted octanol–water partition coefficient (Wildman–Crippen LogP) is 4.62. The molecule has 4 heterocycles. The molecule has 0 bridgehead atoms. The lowest BCUT2D eigenvalue weighted by Gasteiger charge is -2.34. The Labute approximate surface area is 253 Å². The van der Waals surface area contributed by atoms with Crippen LogP contribution in [0.3, 0.4) is 0 Å². The van der Waals surface area contributed by atoms with E-state index in [4.69, 9.17) is 11.6 Å². The Kier molecular flexibility index (Phi) is 8.70. The van der Waals surface area contributed by atoms with Crippen LogP contribution in [0.4, 0.5) is 33.5 Å². The van der Waals surface area contributed by atoms with Crippen molar-refractivity contribution < 1.29 is 13.0 Å². The number of sulfone groups is 1. The lowest BCUT2D eigenvalue weighted by Crippen LogP contribution is -2.46. The fourth-order valence-electron chi connectivity index (χ4n) is 4.24. The van der Waals surface area contributed by atoms with Crippen LogP contribution >= 0.6 is 30.1 Å². The highest BCUT2D eigenvalue weighted by molar-refractivity contribution is 7.92. The van der Waals surface area contributed by atoms with Crippen LogP contribution in [-0.4, -0.2) is 78.3 Å². The van der Waals surface area contributed by atoms with Gasteiger partial charge >= 0.3 is 0 Å². The normalized spacial score (nSPS) is 14.3. The van der Waals surface area contributed by atoms with Gasteiger partial charge in [-0.25, -0.2) is 18.4 Å². The van der Waals surface area contributed by atoms with Crippen molar-refractivity contribution in [1.29, 1.82) is 0 Å². The molecule has 0 amide bonds. The number of benzene rings is 1. The van der Waals surface area contributed by atoms with E-state index in [0.717, 1.165) is 37.1 Å². The van der Waals surface area contributed by atoms with Gasteiger partial charge in [0.2, 0.25) is 16.2 Å². The molecule has 1 fully saturated rings. The monoisotopic (exact) mass is 647 g/mol. The maximum atomic E-state index is 13.2. The van der Waals surface area contributed by atoms with Gasteiger partial charge in [0.1, 0.15) is 18.0 Å². The van der Waals surface area contributed by atoms with Crippen LogP contribution in [0.2, 0.25) is 5.02 Å². The molecule has 3 aromatic heterocycles. The molecule has 1 aliphatic rings. The lowest BCUT2D eigenvalue weighted by molar-refractivity contribution is 0.588. The first-order chi connectivity index (χ1) is 19.9. The van der Waals surface area contributed by atoms with Gasteiger partial charge < -0.3 is 19.7 Å². The molecule has 0 saturated carbocycles. The largest absolute Gasteiger partial charge is 0.353 e. The summed E-state index contributed by atoms with van der Waals surface area (Å²) in [4.78, 5) is 17.6. The van der Waals surface area contributed by atoms with E-state index in [0.29, 0.717) is 10.4 Å². The highest BCUT2D eigenvalue weighted by Gasteiger charge is 2.26. The minimum Gasteiger partial charge on any atom is -0.353 e. The number of pyridine rings is 1. The van der Waals surface area contributed by atoms with Gasteiger partial charge in [-0.2, -0.15) is 4.98 Å². The highest BCUT2D eigenvalue weighted by Crippen LogP contribution is 2.38. The fourth-order valence-corrected chi connectivity index (χ4v) is 7.35. The maximum absolute atomic E-state index is 13.2. The van der Waals surface area contributed by atoms with Crippen molar-refractivity contribution in [3.8, 4) is 0 Å². The van der Waals surface area contributed by atoms with E-state index in [1.54, 1.807) is 45.5 Å². The zero-order valence-electron chi connectivity index (χ0n) is 23.5. The number of rotatable bonds is 9. The van der Waals surface area contributed by atoms with E-state index in [-0.39, 0.29) is 27.4 Å². The smallest absolute Gasteiger partial charge is 0.231 e. The van der Waals surface area contributed by atoms with Gasteiger partial charge in [0.25, 0.3) is 0 Å². The number of anilines is 6. The molecule has 16 heteroatoms. The van der Waals surface area contributed by atoms with Crippen molar-refractivity contribution in [2.24, 2.45) is 0 Å². The average molecular weight is 648 g/mol. The fraction of sp³-hybridized carbons (Fsp3) is 0.346. The number of nitrogens with zero attached hydrogens (tertiary/aromatic N) is 7. The van der Waals surface area contributed by atoms with Gasteiger partial charge in [-0.1, -0.05) is 29.0 Å². The number of hydrogen-bond donors (Lipinski definition) is 2. The molecule has 222 valence electrons. The van der Waals surface area contributed by atoms with Crippen molar-refractivity contribution in [3.63, 3.8) is 0 Å². The Morgan fingerprint density at radius 2 is 1.74 bits per heavy atom. The first-order valence-corrected chi connectivity index (χ1v) is 18.5. The van der Waals surface area contributed by atoms with Crippen molar-refractivity contribution in [1.82, 2.24) is 25.1 Å². The summed E-state index contributed by atoms with van der Waals surface area (Å²) < 4.78 is 39.1. The van der Waals surface area contributed by atoms with Crippen LogP contribution in [0, 0.1) is 0 Å². The van der Waals surface area contributed by atoms with Gasteiger partial charge in [0.15, 0.2) is 15.7 Å². The second kappa shape index (κ2) is 12.1. The second-order valence-electron chi connectivity index (χ2n) is 10.3. The number of hydrogen-bond acceptors (Lipinski definition) is 13. The van der Waals surface area contributed by atoms with Crippen molar-refractivity contribution in [3.05, 3.63) is 53.8 Å². The summed E-state index contributed by atoms with van der Waals surface area (Å²) in [5, 5.41) is 15.9. The quantitative estimate of drug-likeness (QED) is 0.244. The highest BCUT2D eigenvalue weighted by atomic mass is 35.5. The van der Waals surface area contributed by atoms with Gasteiger partial charge in [0, 0.05) is 37.7 Å². The maximum Gasteiger partial charge on any atom is 0.231 e. The van der Waals surface area contributed by atoms with Crippen LogP contribution in [0.25, 0.3) is 0 Å². The molecule has 0 atom stereocenters. The Morgan fingerprint density at radius 1 is 1.00 bits per heavy atom. The molecular formula is C26H31ClN9O3PS2. The summed E-state index contributed by atoms with van der Waals surface area (Å²) in [7, 11) is -6.43. The number of halogens is 1. The second-order valence-corrected chi connectivity index (χ2v) is 17.4. The van der Waals surface area contributed by atoms with Crippen LogP contribution in [0.5, 0.6) is 0 Å². The topological polar surface area (TPSA) is 146 Å². The third kappa shape index (κ3) is 6.67. The number of piperazine rings is 1. The van der Waals surface area contributed by atoms with E-state index < -0.39 is 22.2 Å². The minimum atomic E-state index is -3.72. The van der Waals surface area contributed by atoms with Crippen molar-refractivity contribution in [2.45, 2.75) is 24.0 Å². The molecule has 2 N–H and O–H groups in total. The van der Waals surface area contributed by atoms with E-state index in [9.17, 15) is 13.0 Å². The van der Waals surface area contributed by atoms with E-state index in [1.807, 2.05) is 18.2 Å². The molecule has 1 aliphatic heterocycles. The molecule has 0 aliphatic carbocycles. The Bertz CT molecular complexity index is 1720. The SMILES string of the molecule is CC(C)S(=O)(=O)c1cc(P(C)(C)=O)ccc1Nc1nc(Nc2nnc(N3CCN(c4ccccn4)CC3)s2)ncc1Cl. The Morgan fingerprint density at radius 3 is 2.40 bits per heavy atom. The van der Waals surface area contributed by atoms with Crippen LogP contribution in [0.15, 0.2) is 53.7 Å². The zero-order valence-corrected chi connectivity index (χ0v) is 26.8. The molecule has 4 aromatic rings. The minimum absolute atomic E-state index is 0.0278. The summed E-state index contributed by atoms with van der Waals surface area (Å²) in [6, 6.07) is 10.6. The van der Waals surface area contributed by atoms with Crippen LogP contribution < -0.4 is 25.7 Å². The predicted molar refractivity (Wildman–Crippen MR) is 170 cm³/mol. The van der Waals surface area contributed by atoms with Crippen molar-refractivity contribution >= 4 is 78.8 Å². The summed E-state index contributed by atoms with van der Waals surface area (Å²) in [5.41, 5.74) is 0.274. The first-order valence-electron chi connectivity index (χ1n) is 13.2. The molecule has 1 saturated heterocycles. The molecule has 0 radical (unpaired) electrons. The zero-order chi connectivity index (χ0) is 30.1. The number of aromatic nitrogens is 5. The van der Waals surface area contributed by atoms with Gasteiger partial charge in [-0.05, 0) is 57.5 Å². The number of nitrogens with one attached hydrogen (secondary N) is 2. The van der Waals surface area contributed by atoms with E-state index in [2.05, 4.69) is 45.6 Å². The van der Waals surface area contributed by atoms with E-state index >= 15 is 0 Å². The summed E-state index contributed by atoms with van der Waals surface area (Å²) in [6.45, 7) is 9.59. The molecule has 1 aromatic carbocycles. The summed E-state index contributed by atoms with van der Waals surface area (Å²) in [5.74, 6) is 1.37. The molecule has 0 spiro atoms. The summed E-state index contributed by atoms with van der Waals surface area (Å²) in [6.07, 6.45) is 3.21. The van der Waals surface area contributed by atoms with Gasteiger partial charge in [-0.15, -0.1) is 10.2 Å².